The number of nitrogens with one attached hydrogen (secondary N) is 1. The van der Waals surface area contributed by atoms with E-state index in [-0.39, 0.29) is 11.3 Å². The Morgan fingerprint density at radius 1 is 1.17 bits per heavy atom. The van der Waals surface area contributed by atoms with Gasteiger partial charge in [-0.3, -0.25) is 14.9 Å². The van der Waals surface area contributed by atoms with Crippen molar-refractivity contribution in [1.29, 1.82) is 0 Å². The summed E-state index contributed by atoms with van der Waals surface area (Å²) in [5.41, 5.74) is -0.237. The maximum absolute atomic E-state index is 12.1. The van der Waals surface area contributed by atoms with E-state index >= 15 is 0 Å². The van der Waals surface area contributed by atoms with Crippen molar-refractivity contribution in [3.63, 3.8) is 0 Å². The molecule has 0 spiro atoms. The van der Waals surface area contributed by atoms with Crippen LogP contribution in [-0.2, 0) is 9.53 Å². The molecule has 0 bridgehead atoms. The molecule has 0 aliphatic rings. The molecule has 0 aliphatic carbocycles. The van der Waals surface area contributed by atoms with E-state index in [2.05, 4.69) is 5.32 Å². The number of ether oxygens (including phenoxy) is 1. The summed E-state index contributed by atoms with van der Waals surface area (Å²) < 4.78 is 5.00. The van der Waals surface area contributed by atoms with E-state index in [1.54, 1.807) is 24.3 Å². The lowest BCUT2D eigenvalue weighted by atomic mass is 10.2. The summed E-state index contributed by atoms with van der Waals surface area (Å²) in [4.78, 5) is 34.4. The van der Waals surface area contributed by atoms with E-state index in [0.29, 0.717) is 10.7 Å². The highest BCUT2D eigenvalue weighted by atomic mass is 35.5. The summed E-state index contributed by atoms with van der Waals surface area (Å²) in [6, 6.07) is 11.9. The molecule has 1 amide bonds. The lowest BCUT2D eigenvalue weighted by Crippen LogP contribution is -2.30. The maximum Gasteiger partial charge on any atom is 0.345 e. The van der Waals surface area contributed by atoms with Gasteiger partial charge in [0.1, 0.15) is 5.56 Å². The predicted molar refractivity (Wildman–Crippen MR) is 88.1 cm³/mol. The number of rotatable bonds is 5. The SMILES string of the molecule is CC(OC(=O)c1ccccc1[N+](=O)[O-])C(=O)Nc1ccccc1Cl. The van der Waals surface area contributed by atoms with Gasteiger partial charge in [-0.25, -0.2) is 4.79 Å². The zero-order chi connectivity index (χ0) is 17.7. The van der Waals surface area contributed by atoms with Crippen molar-refractivity contribution < 1.29 is 19.2 Å². The minimum absolute atomic E-state index is 0.222. The highest BCUT2D eigenvalue weighted by molar-refractivity contribution is 6.33. The second-order valence-corrected chi connectivity index (χ2v) is 5.20. The first-order valence-corrected chi connectivity index (χ1v) is 7.27. The van der Waals surface area contributed by atoms with Crippen molar-refractivity contribution in [2.24, 2.45) is 0 Å². The van der Waals surface area contributed by atoms with Gasteiger partial charge < -0.3 is 10.1 Å². The Morgan fingerprint density at radius 3 is 2.46 bits per heavy atom. The van der Waals surface area contributed by atoms with Crippen molar-refractivity contribution in [2.45, 2.75) is 13.0 Å². The molecule has 0 saturated heterocycles. The van der Waals surface area contributed by atoms with Crippen LogP contribution in [0.2, 0.25) is 5.02 Å². The quantitative estimate of drug-likeness (QED) is 0.507. The maximum atomic E-state index is 12.1. The molecule has 1 unspecified atom stereocenters. The zero-order valence-corrected chi connectivity index (χ0v) is 13.3. The summed E-state index contributed by atoms with van der Waals surface area (Å²) >= 11 is 5.93. The number of esters is 1. The molecule has 0 aliphatic heterocycles. The number of anilines is 1. The number of amides is 1. The topological polar surface area (TPSA) is 98.5 Å². The van der Waals surface area contributed by atoms with E-state index in [9.17, 15) is 19.7 Å². The Morgan fingerprint density at radius 2 is 1.79 bits per heavy atom. The summed E-state index contributed by atoms with van der Waals surface area (Å²) in [5.74, 6) is -1.56. The second kappa shape index (κ2) is 7.56. The van der Waals surface area contributed by atoms with Gasteiger partial charge in [-0.15, -0.1) is 0 Å². The predicted octanol–water partition coefficient (Wildman–Crippen LogP) is 3.43. The fraction of sp³-hybridized carbons (Fsp3) is 0.125. The Balaban J connectivity index is 2.08. The third kappa shape index (κ3) is 4.08. The molecule has 1 N–H and O–H groups in total. The lowest BCUT2D eigenvalue weighted by molar-refractivity contribution is -0.385. The van der Waals surface area contributed by atoms with E-state index in [1.807, 2.05) is 0 Å². The number of hydrogen-bond acceptors (Lipinski definition) is 5. The van der Waals surface area contributed by atoms with Crippen LogP contribution in [-0.4, -0.2) is 22.9 Å². The van der Waals surface area contributed by atoms with Crippen LogP contribution in [0, 0.1) is 10.1 Å². The molecule has 0 heterocycles. The number of carbonyl (C=O) groups is 2. The third-order valence-corrected chi connectivity index (χ3v) is 3.44. The Labute approximate surface area is 142 Å². The molecule has 2 aromatic carbocycles. The van der Waals surface area contributed by atoms with Crippen LogP contribution >= 0.6 is 11.6 Å². The standard InChI is InChI=1S/C16H13ClN2O5/c1-10(15(20)18-13-8-4-3-7-12(13)17)24-16(21)11-6-2-5-9-14(11)19(22)23/h2-10H,1H3,(H,18,20). The van der Waals surface area contributed by atoms with Crippen LogP contribution in [0.3, 0.4) is 0 Å². The number of benzene rings is 2. The van der Waals surface area contributed by atoms with Crippen molar-refractivity contribution >= 4 is 34.9 Å². The van der Waals surface area contributed by atoms with Gasteiger partial charge in [-0.1, -0.05) is 35.9 Å². The average Bonchev–Trinajstić information content (AvgIpc) is 2.56. The molecule has 2 rings (SSSR count). The molecular weight excluding hydrogens is 336 g/mol. The number of para-hydroxylation sites is 2. The third-order valence-electron chi connectivity index (χ3n) is 3.11. The van der Waals surface area contributed by atoms with Crippen LogP contribution in [0.1, 0.15) is 17.3 Å². The van der Waals surface area contributed by atoms with E-state index in [1.165, 1.54) is 31.2 Å². The molecular formula is C16H13ClN2O5. The van der Waals surface area contributed by atoms with Crippen LogP contribution in [0.25, 0.3) is 0 Å². The molecule has 124 valence electrons. The van der Waals surface area contributed by atoms with Crippen LogP contribution < -0.4 is 5.32 Å². The first-order chi connectivity index (χ1) is 11.4. The zero-order valence-electron chi connectivity index (χ0n) is 12.6. The van der Waals surface area contributed by atoms with Gasteiger partial charge >= 0.3 is 5.97 Å². The van der Waals surface area contributed by atoms with Crippen molar-refractivity contribution in [2.75, 3.05) is 5.32 Å². The minimum Gasteiger partial charge on any atom is -0.449 e. The van der Waals surface area contributed by atoms with Crippen molar-refractivity contribution in [3.8, 4) is 0 Å². The number of carbonyl (C=O) groups excluding carboxylic acids is 2. The highest BCUT2D eigenvalue weighted by Gasteiger charge is 2.25. The number of nitro groups is 1. The first-order valence-electron chi connectivity index (χ1n) is 6.90. The van der Waals surface area contributed by atoms with E-state index in [4.69, 9.17) is 16.3 Å². The summed E-state index contributed by atoms with van der Waals surface area (Å²) in [5, 5.41) is 13.8. The van der Waals surface area contributed by atoms with Gasteiger partial charge in [0.25, 0.3) is 11.6 Å². The van der Waals surface area contributed by atoms with Crippen molar-refractivity contribution in [1.82, 2.24) is 0 Å². The summed E-state index contributed by atoms with van der Waals surface area (Å²) in [7, 11) is 0. The Hall–Kier alpha value is -2.93. The molecule has 1 atom stereocenters. The van der Waals surface area contributed by atoms with Gasteiger partial charge in [0.05, 0.1) is 15.6 Å². The fourth-order valence-electron chi connectivity index (χ4n) is 1.88. The van der Waals surface area contributed by atoms with Gasteiger partial charge in [-0.2, -0.15) is 0 Å². The van der Waals surface area contributed by atoms with Crippen molar-refractivity contribution in [3.05, 3.63) is 69.2 Å². The number of halogens is 1. The molecule has 0 aromatic heterocycles. The van der Waals surface area contributed by atoms with Gasteiger partial charge in [0.2, 0.25) is 0 Å². The highest BCUT2D eigenvalue weighted by Crippen LogP contribution is 2.22. The Bertz CT molecular complexity index is 794. The molecule has 24 heavy (non-hydrogen) atoms. The number of nitro benzene ring substituents is 1. The molecule has 0 saturated carbocycles. The lowest BCUT2D eigenvalue weighted by Gasteiger charge is -2.14. The summed E-state index contributed by atoms with van der Waals surface area (Å²) in [6.07, 6.45) is -1.16. The van der Waals surface area contributed by atoms with Crippen LogP contribution in [0.15, 0.2) is 48.5 Å². The number of nitrogens with zero attached hydrogens (tertiary/aromatic N) is 1. The first kappa shape index (κ1) is 17.4. The largest absolute Gasteiger partial charge is 0.449 e. The second-order valence-electron chi connectivity index (χ2n) is 4.79. The number of hydrogen-bond donors (Lipinski definition) is 1. The van der Waals surface area contributed by atoms with E-state index < -0.39 is 22.9 Å². The molecule has 8 heteroatoms. The van der Waals surface area contributed by atoms with Gasteiger partial charge in [0.15, 0.2) is 6.10 Å². The summed E-state index contributed by atoms with van der Waals surface area (Å²) in [6.45, 7) is 1.36. The smallest absolute Gasteiger partial charge is 0.345 e. The minimum atomic E-state index is -1.16. The average molecular weight is 349 g/mol. The van der Waals surface area contributed by atoms with Gasteiger partial charge in [0, 0.05) is 6.07 Å². The van der Waals surface area contributed by atoms with Crippen LogP contribution in [0.5, 0.6) is 0 Å². The van der Waals surface area contributed by atoms with Crippen LogP contribution in [0.4, 0.5) is 11.4 Å². The molecule has 0 radical (unpaired) electrons. The molecule has 0 fully saturated rings. The molecule has 7 nitrogen and oxygen atoms in total. The molecule has 2 aromatic rings. The normalized spacial score (nSPS) is 11.4. The monoisotopic (exact) mass is 348 g/mol. The van der Waals surface area contributed by atoms with Gasteiger partial charge in [-0.05, 0) is 25.1 Å². The van der Waals surface area contributed by atoms with E-state index in [0.717, 1.165) is 0 Å². The Kier molecular flexibility index (Phi) is 5.49. The fourth-order valence-corrected chi connectivity index (χ4v) is 2.06.